The van der Waals surface area contributed by atoms with Gasteiger partial charge in [0.25, 0.3) is 0 Å². The predicted molar refractivity (Wildman–Crippen MR) is 106 cm³/mol. The highest BCUT2D eigenvalue weighted by molar-refractivity contribution is 14.0. The van der Waals surface area contributed by atoms with E-state index in [1.807, 2.05) is 18.2 Å². The van der Waals surface area contributed by atoms with Gasteiger partial charge in [-0.1, -0.05) is 0 Å². The largest absolute Gasteiger partial charge is 0.490 e. The molecule has 2 aliphatic rings. The minimum Gasteiger partial charge on any atom is -0.490 e. The Balaban J connectivity index is 0.00000208. The molecule has 0 amide bonds. The van der Waals surface area contributed by atoms with Gasteiger partial charge in [-0.3, -0.25) is 4.99 Å². The molecule has 1 saturated heterocycles. The fraction of sp³-hybridized carbons (Fsp3) is 0.588. The summed E-state index contributed by atoms with van der Waals surface area (Å²) < 4.78 is 16.8. The van der Waals surface area contributed by atoms with Crippen molar-refractivity contribution in [2.24, 2.45) is 16.6 Å². The van der Waals surface area contributed by atoms with Crippen LogP contribution < -0.4 is 20.5 Å². The Bertz CT molecular complexity index is 568. The van der Waals surface area contributed by atoms with E-state index in [1.165, 1.54) is 0 Å². The number of nitrogens with two attached hydrogens (primary N) is 1. The molecule has 2 heterocycles. The monoisotopic (exact) mass is 447 g/mol. The van der Waals surface area contributed by atoms with Crippen molar-refractivity contribution < 1.29 is 14.2 Å². The molecule has 1 fully saturated rings. The lowest BCUT2D eigenvalue weighted by Crippen LogP contribution is -2.27. The van der Waals surface area contributed by atoms with Gasteiger partial charge in [-0.15, -0.1) is 24.0 Å². The van der Waals surface area contributed by atoms with E-state index in [-0.39, 0.29) is 24.0 Å². The van der Waals surface area contributed by atoms with E-state index in [0.717, 1.165) is 49.6 Å². The summed E-state index contributed by atoms with van der Waals surface area (Å²) in [6, 6.07) is 5.72. The molecule has 24 heavy (non-hydrogen) atoms. The van der Waals surface area contributed by atoms with Gasteiger partial charge >= 0.3 is 0 Å². The molecule has 0 aliphatic carbocycles. The van der Waals surface area contributed by atoms with Crippen LogP contribution in [-0.2, 0) is 4.74 Å². The summed E-state index contributed by atoms with van der Waals surface area (Å²) in [5.74, 6) is 2.50. The lowest BCUT2D eigenvalue weighted by molar-refractivity contribution is 0.00482. The third kappa shape index (κ3) is 5.41. The minimum absolute atomic E-state index is 0. The average Bonchev–Trinajstić information content (AvgIpc) is 2.78. The molecule has 0 radical (unpaired) electrons. The number of benzene rings is 1. The molecule has 1 aromatic carbocycles. The van der Waals surface area contributed by atoms with Crippen molar-refractivity contribution in [3.8, 4) is 11.5 Å². The van der Waals surface area contributed by atoms with Crippen LogP contribution in [-0.4, -0.2) is 38.4 Å². The first-order valence-electron chi connectivity index (χ1n) is 8.29. The Hall–Kier alpha value is -1.22. The number of ether oxygens (including phenoxy) is 3. The van der Waals surface area contributed by atoms with Crippen LogP contribution in [0.3, 0.4) is 0 Å². The van der Waals surface area contributed by atoms with Crippen LogP contribution in [0.2, 0.25) is 0 Å². The van der Waals surface area contributed by atoms with Crippen LogP contribution in [0.4, 0.5) is 5.69 Å². The number of nitrogens with one attached hydrogen (secondary N) is 1. The number of guanidine groups is 1. The van der Waals surface area contributed by atoms with Crippen LogP contribution in [0.5, 0.6) is 11.5 Å². The van der Waals surface area contributed by atoms with Gasteiger partial charge in [-0.05, 0) is 37.8 Å². The Labute approximate surface area is 160 Å². The minimum atomic E-state index is 0. The smallest absolute Gasteiger partial charge is 0.193 e. The van der Waals surface area contributed by atoms with Crippen molar-refractivity contribution >= 4 is 35.6 Å². The van der Waals surface area contributed by atoms with Gasteiger partial charge in [0.05, 0.1) is 19.3 Å². The maximum atomic E-state index is 6.00. The van der Waals surface area contributed by atoms with E-state index in [9.17, 15) is 0 Å². The number of anilines is 1. The Morgan fingerprint density at radius 2 is 2.04 bits per heavy atom. The standard InChI is InChI=1S/C17H25N3O3.HI/c1-12-9-13(5-8-21-12)11-19-17(18)20-14-3-4-15-16(10-14)23-7-2-6-22-15;/h3-4,10,12-13H,2,5-9,11H2,1H3,(H3,18,19,20);1H. The zero-order chi connectivity index (χ0) is 16.1. The molecule has 1 aromatic rings. The van der Waals surface area contributed by atoms with E-state index < -0.39 is 0 Å². The fourth-order valence-electron chi connectivity index (χ4n) is 2.91. The number of hydrogen-bond donors (Lipinski definition) is 2. The topological polar surface area (TPSA) is 78.1 Å². The molecule has 0 saturated carbocycles. The molecule has 2 aliphatic heterocycles. The van der Waals surface area contributed by atoms with Gasteiger partial charge in [0, 0.05) is 31.3 Å². The van der Waals surface area contributed by atoms with Crippen molar-refractivity contribution in [3.63, 3.8) is 0 Å². The van der Waals surface area contributed by atoms with Gasteiger partial charge in [0.1, 0.15) is 0 Å². The first kappa shape index (κ1) is 19.1. The van der Waals surface area contributed by atoms with Gasteiger partial charge < -0.3 is 25.3 Å². The Morgan fingerprint density at radius 1 is 1.25 bits per heavy atom. The molecule has 3 rings (SSSR count). The first-order chi connectivity index (χ1) is 11.2. The van der Waals surface area contributed by atoms with E-state index in [4.69, 9.17) is 19.9 Å². The number of rotatable bonds is 3. The highest BCUT2D eigenvalue weighted by Crippen LogP contribution is 2.32. The second-order valence-electron chi connectivity index (χ2n) is 6.13. The van der Waals surface area contributed by atoms with Crippen molar-refractivity contribution in [1.82, 2.24) is 0 Å². The zero-order valence-corrected chi connectivity index (χ0v) is 16.3. The quantitative estimate of drug-likeness (QED) is 0.423. The van der Waals surface area contributed by atoms with E-state index in [0.29, 0.717) is 31.2 Å². The first-order valence-corrected chi connectivity index (χ1v) is 8.29. The van der Waals surface area contributed by atoms with Gasteiger partial charge in [0.15, 0.2) is 17.5 Å². The van der Waals surface area contributed by atoms with Crippen LogP contribution in [0.15, 0.2) is 23.2 Å². The van der Waals surface area contributed by atoms with E-state index >= 15 is 0 Å². The SMILES string of the molecule is CC1CC(CN=C(N)Nc2ccc3c(c2)OCCCO3)CCO1.I. The predicted octanol–water partition coefficient (Wildman–Crippen LogP) is 3.01. The number of aliphatic imine (C=N–C) groups is 1. The number of fused-ring (bicyclic) bond motifs is 1. The molecule has 2 atom stereocenters. The summed E-state index contributed by atoms with van der Waals surface area (Å²) >= 11 is 0. The molecule has 6 nitrogen and oxygen atoms in total. The maximum Gasteiger partial charge on any atom is 0.193 e. The maximum absolute atomic E-state index is 6.00. The molecule has 0 aromatic heterocycles. The Morgan fingerprint density at radius 3 is 2.83 bits per heavy atom. The van der Waals surface area contributed by atoms with E-state index in [2.05, 4.69) is 17.2 Å². The second-order valence-corrected chi connectivity index (χ2v) is 6.13. The third-order valence-electron chi connectivity index (χ3n) is 4.13. The highest BCUT2D eigenvalue weighted by Gasteiger charge is 2.19. The van der Waals surface area contributed by atoms with Gasteiger partial charge in [0.2, 0.25) is 0 Å². The number of halogens is 1. The normalized spacial score (nSPS) is 23.8. The van der Waals surface area contributed by atoms with Crippen LogP contribution in [0.25, 0.3) is 0 Å². The molecule has 0 spiro atoms. The van der Waals surface area contributed by atoms with E-state index in [1.54, 1.807) is 0 Å². The summed E-state index contributed by atoms with van der Waals surface area (Å²) in [7, 11) is 0. The third-order valence-corrected chi connectivity index (χ3v) is 4.13. The molecule has 2 unspecified atom stereocenters. The molecule has 0 bridgehead atoms. The van der Waals surface area contributed by atoms with Crippen molar-refractivity contribution in [3.05, 3.63) is 18.2 Å². The molecule has 3 N–H and O–H groups in total. The van der Waals surface area contributed by atoms with Crippen LogP contribution in [0, 0.1) is 5.92 Å². The highest BCUT2D eigenvalue weighted by atomic mass is 127. The molecular weight excluding hydrogens is 421 g/mol. The average molecular weight is 447 g/mol. The van der Waals surface area contributed by atoms with Crippen molar-refractivity contribution in [1.29, 1.82) is 0 Å². The summed E-state index contributed by atoms with van der Waals surface area (Å²) in [5, 5.41) is 3.12. The Kier molecular flexibility index (Phi) is 7.41. The second kappa shape index (κ2) is 9.31. The molecule has 7 heteroatoms. The van der Waals surface area contributed by atoms with Gasteiger partial charge in [-0.25, -0.2) is 0 Å². The summed E-state index contributed by atoms with van der Waals surface area (Å²) in [4.78, 5) is 4.46. The molecular formula is C17H26IN3O3. The van der Waals surface area contributed by atoms with Crippen LogP contribution >= 0.6 is 24.0 Å². The van der Waals surface area contributed by atoms with Crippen molar-refractivity contribution in [2.75, 3.05) is 31.7 Å². The fourth-order valence-corrected chi connectivity index (χ4v) is 2.91. The lowest BCUT2D eigenvalue weighted by atomic mass is 9.96. The summed E-state index contributed by atoms with van der Waals surface area (Å²) in [6.45, 7) is 5.01. The number of nitrogens with zero attached hydrogens (tertiary/aromatic N) is 1. The molecule has 134 valence electrons. The van der Waals surface area contributed by atoms with Crippen molar-refractivity contribution in [2.45, 2.75) is 32.3 Å². The number of hydrogen-bond acceptors (Lipinski definition) is 4. The van der Waals surface area contributed by atoms with Gasteiger partial charge in [-0.2, -0.15) is 0 Å². The zero-order valence-electron chi connectivity index (χ0n) is 14.0. The lowest BCUT2D eigenvalue weighted by Gasteiger charge is -2.26. The van der Waals surface area contributed by atoms with Crippen LogP contribution in [0.1, 0.15) is 26.2 Å². The summed E-state index contributed by atoms with van der Waals surface area (Å²) in [5.41, 5.74) is 6.86. The summed E-state index contributed by atoms with van der Waals surface area (Å²) in [6.07, 6.45) is 3.30.